The summed E-state index contributed by atoms with van der Waals surface area (Å²) in [6, 6.07) is 6.73. The number of hydrogen-bond acceptors (Lipinski definition) is 4. The molecule has 28 heavy (non-hydrogen) atoms. The van der Waals surface area contributed by atoms with Crippen molar-refractivity contribution in [2.75, 3.05) is 0 Å². The van der Waals surface area contributed by atoms with Crippen molar-refractivity contribution in [2.24, 2.45) is 7.05 Å². The van der Waals surface area contributed by atoms with E-state index in [1.165, 1.54) is 9.13 Å². The molecular weight excluding hydrogens is 362 g/mol. The van der Waals surface area contributed by atoms with Gasteiger partial charge in [-0.1, -0.05) is 31.4 Å². The molecule has 1 saturated carbocycles. The van der Waals surface area contributed by atoms with E-state index in [1.807, 2.05) is 24.3 Å². The van der Waals surface area contributed by atoms with Crippen LogP contribution in [0.25, 0.3) is 11.0 Å². The lowest BCUT2D eigenvalue weighted by Gasteiger charge is -2.30. The number of hydrazine groups is 1. The smallest absolute Gasteiger partial charge is 0.322 e. The first kappa shape index (κ1) is 18.3. The Balaban J connectivity index is 1.44. The van der Waals surface area contributed by atoms with Gasteiger partial charge < -0.3 is 5.32 Å². The first-order valence-corrected chi connectivity index (χ1v) is 9.53. The summed E-state index contributed by atoms with van der Waals surface area (Å²) in [5, 5.41) is 3.54. The molecule has 1 aliphatic carbocycles. The lowest BCUT2D eigenvalue weighted by atomic mass is 9.82. The number of aryl methyl sites for hydroxylation is 2. The van der Waals surface area contributed by atoms with Crippen LogP contribution in [-0.4, -0.2) is 37.5 Å². The van der Waals surface area contributed by atoms with E-state index in [0.29, 0.717) is 12.8 Å². The van der Waals surface area contributed by atoms with Gasteiger partial charge in [0.2, 0.25) is 5.91 Å². The van der Waals surface area contributed by atoms with Crippen molar-refractivity contribution in [3.8, 4) is 0 Å². The minimum Gasteiger partial charge on any atom is -0.322 e. The highest BCUT2D eigenvalue weighted by Gasteiger charge is 2.52. The average molecular weight is 385 g/mol. The number of aromatic nitrogens is 2. The zero-order valence-corrected chi connectivity index (χ0v) is 15.7. The summed E-state index contributed by atoms with van der Waals surface area (Å²) in [7, 11) is 1.68. The number of imide groups is 1. The number of rotatable bonds is 4. The van der Waals surface area contributed by atoms with E-state index >= 15 is 0 Å². The summed E-state index contributed by atoms with van der Waals surface area (Å²) in [4.78, 5) is 49.7. The highest BCUT2D eigenvalue weighted by atomic mass is 16.2. The number of imidazole rings is 1. The van der Waals surface area contributed by atoms with Crippen LogP contribution in [0.15, 0.2) is 29.1 Å². The minimum absolute atomic E-state index is 0.0298. The third-order valence-electron chi connectivity index (χ3n) is 5.72. The largest absolute Gasteiger partial charge is 0.344 e. The number of carbonyl (C=O) groups excluding carboxylic acids is 3. The predicted octanol–water partition coefficient (Wildman–Crippen LogP) is 1.02. The molecule has 0 radical (unpaired) electrons. The van der Waals surface area contributed by atoms with Crippen LogP contribution in [0, 0.1) is 0 Å². The second-order valence-corrected chi connectivity index (χ2v) is 7.48. The Morgan fingerprint density at radius 3 is 2.50 bits per heavy atom. The van der Waals surface area contributed by atoms with E-state index in [0.717, 1.165) is 35.3 Å². The summed E-state index contributed by atoms with van der Waals surface area (Å²) in [5.74, 6) is -0.885. The van der Waals surface area contributed by atoms with Gasteiger partial charge in [0.25, 0.3) is 5.91 Å². The van der Waals surface area contributed by atoms with Gasteiger partial charge in [0, 0.05) is 20.0 Å². The van der Waals surface area contributed by atoms with Crippen LogP contribution in [0.3, 0.4) is 0 Å². The predicted molar refractivity (Wildman–Crippen MR) is 101 cm³/mol. The molecule has 2 heterocycles. The van der Waals surface area contributed by atoms with Crippen molar-refractivity contribution in [3.63, 3.8) is 0 Å². The molecule has 9 nitrogen and oxygen atoms in total. The monoisotopic (exact) mass is 385 g/mol. The molecule has 1 aliphatic heterocycles. The van der Waals surface area contributed by atoms with E-state index in [2.05, 4.69) is 10.7 Å². The number of urea groups is 1. The van der Waals surface area contributed by atoms with Crippen LogP contribution in [0.5, 0.6) is 0 Å². The molecular formula is C19H23N5O4. The van der Waals surface area contributed by atoms with Gasteiger partial charge in [0.1, 0.15) is 5.54 Å². The molecule has 0 atom stereocenters. The zero-order valence-electron chi connectivity index (χ0n) is 15.7. The Morgan fingerprint density at radius 2 is 1.79 bits per heavy atom. The van der Waals surface area contributed by atoms with E-state index < -0.39 is 23.4 Å². The van der Waals surface area contributed by atoms with Crippen molar-refractivity contribution >= 4 is 28.9 Å². The molecule has 0 unspecified atom stereocenters. The summed E-state index contributed by atoms with van der Waals surface area (Å²) in [6.45, 7) is 0.154. The maximum Gasteiger partial charge on any atom is 0.344 e. The third-order valence-corrected chi connectivity index (χ3v) is 5.72. The Morgan fingerprint density at radius 1 is 1.11 bits per heavy atom. The standard InChI is InChI=1S/C19H23N5O4/c1-22-13-7-3-4-8-14(13)23(18(22)28)12-9-15(25)21-24-16(26)19(20-17(24)27)10-5-2-6-11-19/h3-4,7-8H,2,5-6,9-12H2,1H3,(H,20,27)(H,21,25). The fourth-order valence-electron chi connectivity index (χ4n) is 4.19. The summed E-state index contributed by atoms with van der Waals surface area (Å²) in [6.07, 6.45) is 3.94. The van der Waals surface area contributed by atoms with Crippen molar-refractivity contribution in [2.45, 2.75) is 50.6 Å². The molecule has 148 valence electrons. The molecule has 1 spiro atoms. The van der Waals surface area contributed by atoms with E-state index in [9.17, 15) is 19.2 Å². The van der Waals surface area contributed by atoms with Gasteiger partial charge in [-0.15, -0.1) is 0 Å². The minimum atomic E-state index is -0.880. The first-order valence-electron chi connectivity index (χ1n) is 9.53. The maximum absolute atomic E-state index is 12.7. The van der Waals surface area contributed by atoms with Crippen LogP contribution in [0.4, 0.5) is 4.79 Å². The zero-order chi connectivity index (χ0) is 19.9. The van der Waals surface area contributed by atoms with Crippen LogP contribution in [0.2, 0.25) is 0 Å². The van der Waals surface area contributed by atoms with Gasteiger partial charge in [-0.25, -0.2) is 9.59 Å². The van der Waals surface area contributed by atoms with E-state index in [1.54, 1.807) is 7.05 Å². The van der Waals surface area contributed by atoms with E-state index in [-0.39, 0.29) is 18.7 Å². The van der Waals surface area contributed by atoms with Crippen LogP contribution in [-0.2, 0) is 23.2 Å². The molecule has 9 heteroatoms. The molecule has 2 aliphatic rings. The van der Waals surface area contributed by atoms with Gasteiger partial charge >= 0.3 is 11.7 Å². The number of nitrogens with zero attached hydrogens (tertiary/aromatic N) is 3. The molecule has 4 rings (SSSR count). The Bertz CT molecular complexity index is 1010. The number of amides is 4. The number of benzene rings is 1. The average Bonchev–Trinajstić information content (AvgIpc) is 3.07. The fourth-order valence-corrected chi connectivity index (χ4v) is 4.19. The molecule has 4 amide bonds. The van der Waals surface area contributed by atoms with Crippen LogP contribution < -0.4 is 16.4 Å². The Hall–Kier alpha value is -3.10. The normalized spacial score (nSPS) is 18.7. The molecule has 0 bridgehead atoms. The number of hydrogen-bond donors (Lipinski definition) is 2. The second kappa shape index (κ2) is 6.81. The fraction of sp³-hybridized carbons (Fsp3) is 0.474. The van der Waals surface area contributed by atoms with Crippen molar-refractivity contribution in [1.29, 1.82) is 0 Å². The molecule has 1 aromatic carbocycles. The van der Waals surface area contributed by atoms with Crippen molar-refractivity contribution in [3.05, 3.63) is 34.7 Å². The summed E-state index contributed by atoms with van der Waals surface area (Å²) >= 11 is 0. The molecule has 2 fully saturated rings. The van der Waals surface area contributed by atoms with Crippen molar-refractivity contribution in [1.82, 2.24) is 24.9 Å². The summed E-state index contributed by atoms with van der Waals surface area (Å²) < 4.78 is 3.04. The lowest BCUT2D eigenvalue weighted by molar-refractivity contribution is -0.140. The highest BCUT2D eigenvalue weighted by Crippen LogP contribution is 2.33. The number of fused-ring (bicyclic) bond motifs is 1. The quantitative estimate of drug-likeness (QED) is 0.767. The van der Waals surface area contributed by atoms with Crippen LogP contribution >= 0.6 is 0 Å². The number of nitrogens with one attached hydrogen (secondary N) is 2. The summed E-state index contributed by atoms with van der Waals surface area (Å²) in [5.41, 5.74) is 2.82. The number of para-hydroxylation sites is 2. The Labute approximate surface area is 161 Å². The van der Waals surface area contributed by atoms with Gasteiger partial charge in [-0.3, -0.25) is 24.1 Å². The van der Waals surface area contributed by atoms with E-state index in [4.69, 9.17) is 0 Å². The molecule has 1 saturated heterocycles. The SMILES string of the molecule is Cn1c(=O)n(CCC(=O)NN2C(=O)NC3(CCCCC3)C2=O)c2ccccc21. The Kier molecular flexibility index (Phi) is 4.44. The van der Waals surface area contributed by atoms with Gasteiger partial charge in [-0.05, 0) is 25.0 Å². The van der Waals surface area contributed by atoms with Gasteiger partial charge in [0.05, 0.1) is 11.0 Å². The first-order chi connectivity index (χ1) is 13.4. The van der Waals surface area contributed by atoms with Crippen LogP contribution in [0.1, 0.15) is 38.5 Å². The highest BCUT2D eigenvalue weighted by molar-refractivity contribution is 6.08. The maximum atomic E-state index is 12.7. The molecule has 2 aromatic rings. The third kappa shape index (κ3) is 2.87. The van der Waals surface area contributed by atoms with Gasteiger partial charge in [0.15, 0.2) is 0 Å². The molecule has 1 aromatic heterocycles. The second-order valence-electron chi connectivity index (χ2n) is 7.48. The van der Waals surface area contributed by atoms with Crippen molar-refractivity contribution < 1.29 is 14.4 Å². The van der Waals surface area contributed by atoms with Gasteiger partial charge in [-0.2, -0.15) is 5.01 Å². The topological polar surface area (TPSA) is 105 Å². The lowest BCUT2D eigenvalue weighted by Crippen LogP contribution is -2.51. The number of carbonyl (C=O) groups is 3. The molecule has 2 N–H and O–H groups in total.